The minimum absolute atomic E-state index is 0.0907. The molecule has 0 heterocycles. The molecule has 0 aromatic heterocycles. The molecule has 4 nitrogen and oxygen atoms in total. The Hall–Kier alpha value is -1.86. The fraction of sp³-hybridized carbons (Fsp3) is 0.500. The monoisotopic (exact) mass is 270 g/mol. The number of nitrogens with one attached hydrogen (secondary N) is 1. The smallest absolute Gasteiger partial charge is 0.223 e. The van der Waals surface area contributed by atoms with Crippen LogP contribution in [0.2, 0.25) is 0 Å². The maximum absolute atomic E-state index is 12.1. The molecule has 0 radical (unpaired) electrons. The molecule has 104 valence electrons. The van der Waals surface area contributed by atoms with Crippen LogP contribution in [0.1, 0.15) is 49.7 Å². The Kier molecular flexibility index (Phi) is 3.02. The minimum Gasteiger partial charge on any atom is -0.389 e. The van der Waals surface area contributed by atoms with Gasteiger partial charge in [-0.25, -0.2) is 0 Å². The summed E-state index contributed by atoms with van der Waals surface area (Å²) in [5, 5.41) is 22.0. The topological polar surface area (TPSA) is 73.1 Å². The lowest BCUT2D eigenvalue weighted by molar-refractivity contribution is -0.131. The van der Waals surface area contributed by atoms with Crippen molar-refractivity contribution in [2.24, 2.45) is 0 Å². The predicted molar refractivity (Wildman–Crippen MR) is 73.6 cm³/mol. The van der Waals surface area contributed by atoms with Crippen molar-refractivity contribution in [2.45, 2.75) is 49.7 Å². The quantitative estimate of drug-likeness (QED) is 0.878. The molecule has 0 atom stereocenters. The molecule has 1 aromatic carbocycles. The zero-order valence-electron chi connectivity index (χ0n) is 11.4. The number of nitrogens with zero attached hydrogens (tertiary/aromatic N) is 1. The molecule has 0 unspecified atom stereocenters. The summed E-state index contributed by atoms with van der Waals surface area (Å²) in [6.07, 6.45) is 4.42. The second-order valence-corrected chi connectivity index (χ2v) is 6.08. The van der Waals surface area contributed by atoms with Gasteiger partial charge in [-0.3, -0.25) is 4.79 Å². The van der Waals surface area contributed by atoms with Crippen LogP contribution in [-0.2, 0) is 10.3 Å². The highest BCUT2D eigenvalue weighted by Gasteiger charge is 2.47. The molecule has 1 amide bonds. The molecule has 0 bridgehead atoms. The Balaban J connectivity index is 1.69. The molecule has 4 heteroatoms. The van der Waals surface area contributed by atoms with Crippen LogP contribution >= 0.6 is 0 Å². The van der Waals surface area contributed by atoms with Crippen LogP contribution < -0.4 is 5.32 Å². The maximum atomic E-state index is 12.1. The van der Waals surface area contributed by atoms with E-state index in [2.05, 4.69) is 11.4 Å². The van der Waals surface area contributed by atoms with E-state index in [1.807, 2.05) is 18.2 Å². The van der Waals surface area contributed by atoms with Crippen molar-refractivity contribution in [1.82, 2.24) is 5.32 Å². The van der Waals surface area contributed by atoms with E-state index in [0.717, 1.165) is 37.7 Å². The lowest BCUT2D eigenvalue weighted by Gasteiger charge is -2.36. The first-order valence-electron chi connectivity index (χ1n) is 7.09. The van der Waals surface area contributed by atoms with Gasteiger partial charge in [-0.15, -0.1) is 0 Å². The third-order valence-corrected chi connectivity index (χ3v) is 4.45. The molecule has 2 fully saturated rings. The van der Waals surface area contributed by atoms with Gasteiger partial charge in [0.2, 0.25) is 5.91 Å². The first-order valence-corrected chi connectivity index (χ1v) is 7.09. The Morgan fingerprint density at radius 2 is 2.10 bits per heavy atom. The molecule has 1 aromatic rings. The van der Waals surface area contributed by atoms with Crippen molar-refractivity contribution in [1.29, 1.82) is 5.26 Å². The lowest BCUT2D eigenvalue weighted by Crippen LogP contribution is -2.44. The Morgan fingerprint density at radius 1 is 1.35 bits per heavy atom. The zero-order valence-corrected chi connectivity index (χ0v) is 11.4. The van der Waals surface area contributed by atoms with E-state index < -0.39 is 5.60 Å². The first-order chi connectivity index (χ1) is 9.55. The van der Waals surface area contributed by atoms with Crippen molar-refractivity contribution in [3.63, 3.8) is 0 Å². The summed E-state index contributed by atoms with van der Waals surface area (Å²) in [6.45, 7) is 0. The standard InChI is InChI=1S/C16H18N2O2/c17-11-12-3-1-4-13(9-12)16(7-8-16)18-14(19)10-15(20)5-2-6-15/h1,3-4,9,20H,2,5-8,10H2,(H,18,19). The molecule has 0 spiro atoms. The van der Waals surface area contributed by atoms with Gasteiger partial charge in [0.05, 0.1) is 29.2 Å². The third-order valence-electron chi connectivity index (χ3n) is 4.45. The van der Waals surface area contributed by atoms with Gasteiger partial charge in [-0.2, -0.15) is 5.26 Å². The van der Waals surface area contributed by atoms with Crippen LogP contribution in [0.25, 0.3) is 0 Å². The maximum Gasteiger partial charge on any atom is 0.223 e. The van der Waals surface area contributed by atoms with Gasteiger partial charge in [0.25, 0.3) is 0 Å². The van der Waals surface area contributed by atoms with Crippen LogP contribution in [0.15, 0.2) is 24.3 Å². The van der Waals surface area contributed by atoms with Gasteiger partial charge in [-0.05, 0) is 49.8 Å². The number of amides is 1. The Bertz CT molecular complexity index is 580. The molecule has 20 heavy (non-hydrogen) atoms. The predicted octanol–water partition coefficient (Wildman–Crippen LogP) is 1.97. The van der Waals surface area contributed by atoms with Crippen LogP contribution in [-0.4, -0.2) is 16.6 Å². The largest absolute Gasteiger partial charge is 0.389 e. The highest BCUT2D eigenvalue weighted by atomic mass is 16.3. The molecule has 2 saturated carbocycles. The summed E-state index contributed by atoms with van der Waals surface area (Å²) >= 11 is 0. The third kappa shape index (κ3) is 2.41. The normalized spacial score (nSPS) is 21.4. The summed E-state index contributed by atoms with van der Waals surface area (Å²) in [4.78, 5) is 12.1. The molecular formula is C16H18N2O2. The summed E-state index contributed by atoms with van der Waals surface area (Å²) in [6, 6.07) is 9.52. The number of benzene rings is 1. The summed E-state index contributed by atoms with van der Waals surface area (Å²) in [5.41, 5.74) is 0.504. The number of hydrogen-bond donors (Lipinski definition) is 2. The summed E-state index contributed by atoms with van der Waals surface area (Å²) in [7, 11) is 0. The van der Waals surface area contributed by atoms with E-state index in [4.69, 9.17) is 5.26 Å². The average Bonchev–Trinajstić information content (AvgIpc) is 3.17. The van der Waals surface area contributed by atoms with Gasteiger partial charge >= 0.3 is 0 Å². The molecule has 3 rings (SSSR count). The minimum atomic E-state index is -0.783. The van der Waals surface area contributed by atoms with E-state index in [1.165, 1.54) is 0 Å². The van der Waals surface area contributed by atoms with Crippen molar-refractivity contribution in [3.8, 4) is 6.07 Å². The van der Waals surface area contributed by atoms with Crippen molar-refractivity contribution in [2.75, 3.05) is 0 Å². The van der Waals surface area contributed by atoms with Gasteiger partial charge in [0, 0.05) is 0 Å². The SMILES string of the molecule is N#Cc1cccc(C2(NC(=O)CC3(O)CCC3)CC2)c1. The number of nitriles is 1. The van der Waals surface area contributed by atoms with Gasteiger partial charge in [-0.1, -0.05) is 12.1 Å². The van der Waals surface area contributed by atoms with E-state index in [9.17, 15) is 9.90 Å². The number of carbonyl (C=O) groups is 1. The van der Waals surface area contributed by atoms with Crippen molar-refractivity contribution in [3.05, 3.63) is 35.4 Å². The lowest BCUT2D eigenvalue weighted by atomic mass is 9.77. The van der Waals surface area contributed by atoms with E-state index >= 15 is 0 Å². The van der Waals surface area contributed by atoms with E-state index in [-0.39, 0.29) is 17.9 Å². The van der Waals surface area contributed by atoms with E-state index in [1.54, 1.807) is 6.07 Å². The molecule has 0 saturated heterocycles. The summed E-state index contributed by atoms with van der Waals surface area (Å²) < 4.78 is 0. The number of carbonyl (C=O) groups excluding carboxylic acids is 1. The van der Waals surface area contributed by atoms with Gasteiger partial charge in [0.15, 0.2) is 0 Å². The first kappa shape index (κ1) is 13.1. The average molecular weight is 270 g/mol. The Labute approximate surface area is 118 Å². The number of aliphatic hydroxyl groups is 1. The van der Waals surface area contributed by atoms with Crippen LogP contribution in [0, 0.1) is 11.3 Å². The second-order valence-electron chi connectivity index (χ2n) is 6.08. The molecule has 0 aliphatic heterocycles. The van der Waals surface area contributed by atoms with Crippen LogP contribution in [0.3, 0.4) is 0 Å². The van der Waals surface area contributed by atoms with Crippen molar-refractivity contribution < 1.29 is 9.90 Å². The number of rotatable bonds is 4. The molecule has 2 N–H and O–H groups in total. The fourth-order valence-electron chi connectivity index (χ4n) is 2.87. The number of hydrogen-bond acceptors (Lipinski definition) is 3. The highest BCUT2D eigenvalue weighted by molar-refractivity contribution is 5.79. The van der Waals surface area contributed by atoms with Gasteiger partial charge < -0.3 is 10.4 Å². The van der Waals surface area contributed by atoms with E-state index in [0.29, 0.717) is 5.56 Å². The zero-order chi connectivity index (χ0) is 14.2. The molecule has 2 aliphatic rings. The molecular weight excluding hydrogens is 252 g/mol. The summed E-state index contributed by atoms with van der Waals surface area (Å²) in [5.74, 6) is -0.0907. The van der Waals surface area contributed by atoms with Crippen LogP contribution in [0.5, 0.6) is 0 Å². The van der Waals surface area contributed by atoms with Gasteiger partial charge in [0.1, 0.15) is 0 Å². The second kappa shape index (κ2) is 4.60. The van der Waals surface area contributed by atoms with Crippen LogP contribution in [0.4, 0.5) is 0 Å². The fourth-order valence-corrected chi connectivity index (χ4v) is 2.87. The Morgan fingerprint density at radius 3 is 2.65 bits per heavy atom. The highest BCUT2D eigenvalue weighted by Crippen LogP contribution is 2.46. The van der Waals surface area contributed by atoms with Crippen molar-refractivity contribution >= 4 is 5.91 Å². The molecule has 2 aliphatic carbocycles.